The van der Waals surface area contributed by atoms with Gasteiger partial charge in [-0.05, 0) is 98.8 Å². The van der Waals surface area contributed by atoms with Crippen molar-refractivity contribution in [3.05, 3.63) is 70.2 Å². The van der Waals surface area contributed by atoms with Gasteiger partial charge in [0.15, 0.2) is 0 Å². The summed E-state index contributed by atoms with van der Waals surface area (Å²) in [5, 5.41) is 10.9. The molecule has 2 aromatic carbocycles. The number of nitrogens with zero attached hydrogens (tertiary/aromatic N) is 7. The molecule has 95 heavy (non-hydrogen) atoms. The average Bonchev–Trinajstić information content (AvgIpc) is 1.74. The Hall–Kier alpha value is -7.31. The highest BCUT2D eigenvalue weighted by Crippen LogP contribution is 2.38. The number of alkyl halides is 3. The summed E-state index contributed by atoms with van der Waals surface area (Å²) in [5.74, 6) is -7.43. The van der Waals surface area contributed by atoms with Crippen LogP contribution in [0.25, 0.3) is 0 Å². The summed E-state index contributed by atoms with van der Waals surface area (Å²) in [6.07, 6.45) is 5.61. The van der Waals surface area contributed by atoms with Crippen molar-refractivity contribution in [3.8, 4) is 0 Å². The molecule has 2 aliphatic heterocycles. The molecule has 5 aliphatic rings. The van der Waals surface area contributed by atoms with E-state index in [4.69, 9.17) is 11.6 Å². The lowest BCUT2D eigenvalue weighted by Gasteiger charge is -2.43. The quantitative estimate of drug-likeness (QED) is 0.218. The van der Waals surface area contributed by atoms with E-state index in [0.717, 1.165) is 83.8 Å². The third-order valence-corrected chi connectivity index (χ3v) is 20.7. The topological polar surface area (TPSA) is 259 Å². The van der Waals surface area contributed by atoms with Crippen LogP contribution in [0.5, 0.6) is 0 Å². The summed E-state index contributed by atoms with van der Waals surface area (Å²) in [6.45, 7) is 1.89. The Morgan fingerprint density at radius 2 is 1.25 bits per heavy atom. The summed E-state index contributed by atoms with van der Waals surface area (Å²) >= 11 is 6.15. The molecule has 4 N–H and O–H groups in total. The first kappa shape index (κ1) is 75.1. The summed E-state index contributed by atoms with van der Waals surface area (Å²) in [7, 11) is 8.68. The van der Waals surface area contributed by atoms with E-state index in [0.29, 0.717) is 44.1 Å². The Bertz CT molecular complexity index is 3070. The predicted octanol–water partition coefficient (Wildman–Crippen LogP) is 5.90. The van der Waals surface area contributed by atoms with Gasteiger partial charge in [-0.15, -0.1) is 0 Å². The van der Waals surface area contributed by atoms with E-state index < -0.39 is 149 Å². The van der Waals surface area contributed by atoms with E-state index in [2.05, 4.69) is 21.3 Å². The minimum atomic E-state index is -4.75. The number of likely N-dealkylation sites (N-methyl/N-ethyl adjacent to an activating group) is 6. The number of rotatable bonds is 10. The van der Waals surface area contributed by atoms with Gasteiger partial charge in [-0.3, -0.25) is 52.7 Å². The molecule has 3 saturated carbocycles. The molecule has 2 saturated heterocycles. The molecule has 2 heterocycles. The molecule has 1 spiro atoms. The maximum atomic E-state index is 15.6. The van der Waals surface area contributed by atoms with Crippen molar-refractivity contribution in [1.29, 1.82) is 0 Å². The molecular formula is C69H99ClF3N11O11. The zero-order chi connectivity index (χ0) is 69.5. The van der Waals surface area contributed by atoms with Crippen molar-refractivity contribution in [2.24, 2.45) is 17.8 Å². The number of nitrogens with one attached hydrogen (secondary N) is 4. The Balaban J connectivity index is 1.24. The SMILES string of the molecule is CC[C@H](C)[C@@H]1NC(=O)CCNC(=O)[C@H](Cc2ccccc2)N(C)C(=O)[C@H](C2CCCCC2)N(C)C(=O)C2(CCCC2)NC(=O)C2CCCN2C(=O)[C@H](CCc2ccc(C(F)(F)F)c(Cl)c2)NC(=O)CN(C)C(=O)[C@H](CC2CCCCC2)N(C)C(=O)CN(C)C(=O)CN(C)C1=O. The highest BCUT2D eigenvalue weighted by atomic mass is 35.5. The van der Waals surface area contributed by atoms with Gasteiger partial charge in [0.05, 0.1) is 30.2 Å². The van der Waals surface area contributed by atoms with Gasteiger partial charge in [0.25, 0.3) is 0 Å². The van der Waals surface area contributed by atoms with Crippen molar-refractivity contribution in [2.75, 3.05) is 75.0 Å². The molecule has 0 bridgehead atoms. The summed E-state index contributed by atoms with van der Waals surface area (Å²) in [5.41, 5.74) is -1.54. The summed E-state index contributed by atoms with van der Waals surface area (Å²) < 4.78 is 41.5. The Labute approximate surface area is 561 Å². The number of aryl methyl sites for hydroxylation is 1. The van der Waals surface area contributed by atoms with Crippen LogP contribution in [0.15, 0.2) is 48.5 Å². The van der Waals surface area contributed by atoms with Crippen molar-refractivity contribution < 1.29 is 65.9 Å². The van der Waals surface area contributed by atoms with Crippen LogP contribution < -0.4 is 21.3 Å². The molecule has 524 valence electrons. The molecule has 1 unspecified atom stereocenters. The van der Waals surface area contributed by atoms with E-state index in [1.807, 2.05) is 37.3 Å². The number of hydrogen-bond acceptors (Lipinski definition) is 11. The summed E-state index contributed by atoms with van der Waals surface area (Å²) in [4.78, 5) is 170. The minimum Gasteiger partial charge on any atom is -0.354 e. The molecule has 11 amide bonds. The Morgan fingerprint density at radius 1 is 0.621 bits per heavy atom. The second kappa shape index (κ2) is 34.1. The lowest BCUT2D eigenvalue weighted by atomic mass is 9.81. The molecular weight excluding hydrogens is 1250 g/mol. The molecule has 0 aromatic heterocycles. The van der Waals surface area contributed by atoms with Crippen molar-refractivity contribution in [2.45, 2.75) is 203 Å². The second-order valence-electron chi connectivity index (χ2n) is 27.2. The highest BCUT2D eigenvalue weighted by molar-refractivity contribution is 6.31. The Kier molecular flexibility index (Phi) is 26.9. The zero-order valence-corrected chi connectivity index (χ0v) is 57.3. The van der Waals surface area contributed by atoms with E-state index in [1.54, 1.807) is 14.0 Å². The third-order valence-electron chi connectivity index (χ3n) is 20.4. The monoisotopic (exact) mass is 1350 g/mol. The Morgan fingerprint density at radius 3 is 1.88 bits per heavy atom. The van der Waals surface area contributed by atoms with Crippen molar-refractivity contribution in [1.82, 2.24) is 55.6 Å². The maximum absolute atomic E-state index is 15.6. The highest BCUT2D eigenvalue weighted by Gasteiger charge is 2.51. The fourth-order valence-corrected chi connectivity index (χ4v) is 14.7. The van der Waals surface area contributed by atoms with Gasteiger partial charge in [-0.25, -0.2) is 0 Å². The largest absolute Gasteiger partial charge is 0.417 e. The zero-order valence-electron chi connectivity index (χ0n) is 56.5. The van der Waals surface area contributed by atoms with Gasteiger partial charge in [-0.2, -0.15) is 13.2 Å². The van der Waals surface area contributed by atoms with Crippen molar-refractivity contribution >= 4 is 76.6 Å². The van der Waals surface area contributed by atoms with E-state index >= 15 is 19.2 Å². The smallest absolute Gasteiger partial charge is 0.354 e. The lowest BCUT2D eigenvalue weighted by Crippen LogP contribution is -2.65. The first-order valence-electron chi connectivity index (χ1n) is 34.0. The van der Waals surface area contributed by atoms with E-state index in [9.17, 15) is 46.7 Å². The van der Waals surface area contributed by atoms with Gasteiger partial charge < -0.3 is 55.6 Å². The number of halogens is 4. The number of hydrogen-bond donors (Lipinski definition) is 4. The molecule has 7 rings (SSSR count). The molecule has 22 nitrogen and oxygen atoms in total. The molecule has 26 heteroatoms. The summed E-state index contributed by atoms with van der Waals surface area (Å²) in [6, 6.07) is 5.29. The predicted molar refractivity (Wildman–Crippen MR) is 350 cm³/mol. The van der Waals surface area contributed by atoms with Crippen LogP contribution in [-0.4, -0.2) is 216 Å². The molecule has 5 fully saturated rings. The minimum absolute atomic E-state index is 0.0357. The first-order chi connectivity index (χ1) is 45.0. The number of carbonyl (C=O) groups excluding carboxylic acids is 11. The lowest BCUT2D eigenvalue weighted by molar-refractivity contribution is -0.154. The van der Waals surface area contributed by atoms with Crippen LogP contribution in [0.4, 0.5) is 13.2 Å². The van der Waals surface area contributed by atoms with Gasteiger partial charge >= 0.3 is 6.18 Å². The maximum Gasteiger partial charge on any atom is 0.417 e. The van der Waals surface area contributed by atoms with Gasteiger partial charge in [0.1, 0.15) is 41.8 Å². The number of benzene rings is 2. The van der Waals surface area contributed by atoms with Gasteiger partial charge in [0.2, 0.25) is 65.0 Å². The normalized spacial score (nSPS) is 25.8. The van der Waals surface area contributed by atoms with Gasteiger partial charge in [0, 0.05) is 68.2 Å². The van der Waals surface area contributed by atoms with Crippen LogP contribution in [0, 0.1) is 17.8 Å². The molecule has 3 aliphatic carbocycles. The fourth-order valence-electron chi connectivity index (χ4n) is 14.4. The van der Waals surface area contributed by atoms with Crippen molar-refractivity contribution in [3.63, 3.8) is 0 Å². The molecule has 2 aromatic rings. The standard InChI is InChI=1S/C69H99ClF3N11O11/c1-9-44(2)59-65(93)80(5)42-57(87)78(3)43-58(88)81(6)54(40-46-24-15-11-16-25-46)64(92)79(4)41-56(86)75-51(32-30-47-29-31-49(50(70)38-47)69(71,72)73)63(91)84-37-21-28-52(84)62(90)77-68(34-19-20-35-68)67(95)83(8)60(48-26-17-12-18-27-48)66(94)82(7)53(39-45-22-13-10-14-23-45)61(89)74-36-33-55(85)76-59/h10,13-14,22-23,29,31,38,44,46,48,51-54,59-60H,9,11-12,15-21,24-28,30,32-37,39-43H2,1-8H3,(H,74,89)(H,75,86)(H,76,85)(H,77,90)/t44-,51-,52?,53-,54-,59-,60-/m0/s1. The number of carbonyl (C=O) groups is 11. The van der Waals surface area contributed by atoms with E-state index in [-0.39, 0.29) is 76.3 Å². The van der Waals surface area contributed by atoms with Crippen LogP contribution in [0.1, 0.15) is 159 Å². The average molecular weight is 1350 g/mol. The second-order valence-corrected chi connectivity index (χ2v) is 27.6. The van der Waals surface area contributed by atoms with Crippen LogP contribution in [0.2, 0.25) is 5.02 Å². The van der Waals surface area contributed by atoms with Crippen LogP contribution in [-0.2, 0) is 71.8 Å². The first-order valence-corrected chi connectivity index (χ1v) is 34.3. The van der Waals surface area contributed by atoms with Gasteiger partial charge in [-0.1, -0.05) is 132 Å². The van der Waals surface area contributed by atoms with Crippen LogP contribution in [0.3, 0.4) is 0 Å². The molecule has 0 radical (unpaired) electrons. The third kappa shape index (κ3) is 19.5. The fraction of sp³-hybridized carbons (Fsp3) is 0.667. The number of amides is 11. The van der Waals surface area contributed by atoms with E-state index in [1.165, 1.54) is 60.9 Å². The number of fused-ring (bicyclic) bond motifs is 1. The van der Waals surface area contributed by atoms with Crippen LogP contribution >= 0.6 is 11.6 Å². The molecule has 7 atom stereocenters.